The second kappa shape index (κ2) is 3.89. The minimum atomic E-state index is -0.133. The van der Waals surface area contributed by atoms with Gasteiger partial charge in [-0.05, 0) is 6.07 Å². The molecular formula is C9H12N2O2. The molecule has 1 heterocycles. The number of carbonyl (C=O) groups excluding carboxylic acids is 1. The lowest BCUT2D eigenvalue weighted by molar-refractivity contribution is -0.119. The Labute approximate surface area is 76.2 Å². The normalized spacial score (nSPS) is 9.69. The molecule has 0 spiro atoms. The first-order chi connectivity index (χ1) is 6.11. The highest BCUT2D eigenvalue weighted by atomic mass is 16.1. The maximum Gasteiger partial charge on any atom is 0.255 e. The molecule has 1 rings (SSSR count). The summed E-state index contributed by atoms with van der Waals surface area (Å²) in [6.07, 6.45) is 1.68. The number of pyridine rings is 1. The molecule has 0 atom stereocenters. The molecule has 0 aliphatic heterocycles. The second-order valence-corrected chi connectivity index (χ2v) is 2.86. The van der Waals surface area contributed by atoms with E-state index in [1.807, 2.05) is 0 Å². The Morgan fingerprint density at radius 1 is 1.62 bits per heavy atom. The summed E-state index contributed by atoms with van der Waals surface area (Å²) in [6, 6.07) is 3.48. The Bertz CT molecular complexity index is 368. The van der Waals surface area contributed by atoms with Crippen molar-refractivity contribution in [3.05, 3.63) is 34.2 Å². The number of amides is 1. The Kier molecular flexibility index (Phi) is 2.84. The van der Waals surface area contributed by atoms with Gasteiger partial charge in [-0.2, -0.15) is 0 Å². The van der Waals surface area contributed by atoms with Crippen LogP contribution in [0.4, 0.5) is 0 Å². The van der Waals surface area contributed by atoms with Crippen molar-refractivity contribution in [2.45, 2.75) is 13.5 Å². The van der Waals surface area contributed by atoms with Gasteiger partial charge in [0.15, 0.2) is 0 Å². The molecule has 0 aliphatic rings. The van der Waals surface area contributed by atoms with Crippen LogP contribution >= 0.6 is 0 Å². The fourth-order valence-corrected chi connectivity index (χ4v) is 1.01. The molecule has 70 valence electrons. The number of aromatic nitrogens is 1. The first-order valence-electron chi connectivity index (χ1n) is 4.00. The topological polar surface area (TPSA) is 51.1 Å². The largest absolute Gasteiger partial charge is 0.352 e. The summed E-state index contributed by atoms with van der Waals surface area (Å²) in [4.78, 5) is 22.0. The quantitative estimate of drug-likeness (QED) is 0.697. The fraction of sp³-hybridized carbons (Fsp3) is 0.333. The van der Waals surface area contributed by atoms with E-state index in [1.165, 1.54) is 11.5 Å². The number of carbonyl (C=O) groups is 1. The van der Waals surface area contributed by atoms with E-state index in [-0.39, 0.29) is 11.5 Å². The van der Waals surface area contributed by atoms with Crippen LogP contribution in [0, 0.1) is 0 Å². The summed E-state index contributed by atoms with van der Waals surface area (Å²) in [6.45, 7) is 1.72. The summed E-state index contributed by atoms with van der Waals surface area (Å²) < 4.78 is 1.48. The van der Waals surface area contributed by atoms with Gasteiger partial charge in [0.25, 0.3) is 5.56 Å². The lowest BCUT2D eigenvalue weighted by Crippen LogP contribution is -2.27. The molecule has 0 saturated heterocycles. The molecule has 0 unspecified atom stereocenters. The van der Waals surface area contributed by atoms with Gasteiger partial charge in [0.1, 0.15) is 0 Å². The van der Waals surface area contributed by atoms with Gasteiger partial charge in [0.2, 0.25) is 5.91 Å². The van der Waals surface area contributed by atoms with Crippen LogP contribution in [0.5, 0.6) is 0 Å². The van der Waals surface area contributed by atoms with Crippen LogP contribution in [-0.2, 0) is 18.4 Å². The van der Waals surface area contributed by atoms with Gasteiger partial charge in [-0.3, -0.25) is 9.59 Å². The third-order valence-corrected chi connectivity index (χ3v) is 1.73. The molecular weight excluding hydrogens is 168 g/mol. The molecule has 0 aromatic carbocycles. The van der Waals surface area contributed by atoms with Crippen LogP contribution in [0.2, 0.25) is 0 Å². The highest BCUT2D eigenvalue weighted by Crippen LogP contribution is 1.89. The van der Waals surface area contributed by atoms with Crippen molar-refractivity contribution in [1.82, 2.24) is 9.88 Å². The third-order valence-electron chi connectivity index (χ3n) is 1.73. The van der Waals surface area contributed by atoms with Crippen molar-refractivity contribution in [3.8, 4) is 0 Å². The zero-order valence-electron chi connectivity index (χ0n) is 7.70. The molecule has 1 aromatic heterocycles. The van der Waals surface area contributed by atoms with Crippen LogP contribution in [0.15, 0.2) is 23.1 Å². The minimum absolute atomic E-state index is 0.0729. The fourth-order valence-electron chi connectivity index (χ4n) is 1.01. The van der Waals surface area contributed by atoms with Crippen molar-refractivity contribution in [2.75, 3.05) is 0 Å². The van der Waals surface area contributed by atoms with E-state index in [4.69, 9.17) is 0 Å². The van der Waals surface area contributed by atoms with Gasteiger partial charge in [0.05, 0.1) is 0 Å². The summed E-state index contributed by atoms with van der Waals surface area (Å²) in [5.74, 6) is -0.133. The van der Waals surface area contributed by atoms with Crippen LogP contribution in [0.1, 0.15) is 12.5 Å². The molecule has 0 bridgehead atoms. The molecule has 1 amide bonds. The van der Waals surface area contributed by atoms with Crippen molar-refractivity contribution in [3.63, 3.8) is 0 Å². The molecule has 4 nitrogen and oxygen atoms in total. The first kappa shape index (κ1) is 9.51. The molecule has 13 heavy (non-hydrogen) atoms. The van der Waals surface area contributed by atoms with E-state index in [0.29, 0.717) is 12.1 Å². The molecule has 0 aliphatic carbocycles. The van der Waals surface area contributed by atoms with Gasteiger partial charge < -0.3 is 9.88 Å². The van der Waals surface area contributed by atoms with Crippen molar-refractivity contribution >= 4 is 5.91 Å². The van der Waals surface area contributed by atoms with Crippen LogP contribution in [-0.4, -0.2) is 10.5 Å². The van der Waals surface area contributed by atoms with E-state index in [0.717, 1.165) is 0 Å². The summed E-state index contributed by atoms with van der Waals surface area (Å²) >= 11 is 0. The van der Waals surface area contributed by atoms with Crippen molar-refractivity contribution in [2.24, 2.45) is 7.05 Å². The maximum absolute atomic E-state index is 11.4. The lowest BCUT2D eigenvalue weighted by atomic mass is 10.3. The predicted octanol–water partition coefficient (Wildman–Crippen LogP) is 0.0214. The number of hydrogen-bond acceptors (Lipinski definition) is 2. The zero-order valence-corrected chi connectivity index (χ0v) is 7.70. The Balaban J connectivity index is 2.84. The summed E-state index contributed by atoms with van der Waals surface area (Å²) in [5, 5.41) is 2.58. The van der Waals surface area contributed by atoms with Crippen molar-refractivity contribution in [1.29, 1.82) is 0 Å². The number of nitrogens with one attached hydrogen (secondary N) is 1. The average Bonchev–Trinajstić information content (AvgIpc) is 2.07. The van der Waals surface area contributed by atoms with E-state index >= 15 is 0 Å². The third kappa shape index (κ3) is 2.43. The smallest absolute Gasteiger partial charge is 0.255 e. The van der Waals surface area contributed by atoms with E-state index in [9.17, 15) is 9.59 Å². The van der Waals surface area contributed by atoms with Gasteiger partial charge in [0, 0.05) is 32.3 Å². The minimum Gasteiger partial charge on any atom is -0.352 e. The molecule has 1 N–H and O–H groups in total. The number of rotatable bonds is 2. The highest BCUT2D eigenvalue weighted by Gasteiger charge is 2.00. The molecule has 1 aromatic rings. The summed E-state index contributed by atoms with van der Waals surface area (Å²) in [7, 11) is 1.68. The van der Waals surface area contributed by atoms with Crippen LogP contribution in [0.25, 0.3) is 0 Å². The van der Waals surface area contributed by atoms with Crippen LogP contribution < -0.4 is 10.9 Å². The van der Waals surface area contributed by atoms with E-state index < -0.39 is 0 Å². The summed E-state index contributed by atoms with van der Waals surface area (Å²) in [5.41, 5.74) is 0.524. The second-order valence-electron chi connectivity index (χ2n) is 2.86. The van der Waals surface area contributed by atoms with E-state index in [2.05, 4.69) is 5.32 Å². The van der Waals surface area contributed by atoms with Crippen molar-refractivity contribution < 1.29 is 4.79 Å². The average molecular weight is 180 g/mol. The number of aryl methyl sites for hydroxylation is 1. The molecule has 4 heteroatoms. The zero-order chi connectivity index (χ0) is 9.84. The Morgan fingerprint density at radius 3 is 2.92 bits per heavy atom. The van der Waals surface area contributed by atoms with Crippen LogP contribution in [0.3, 0.4) is 0 Å². The monoisotopic (exact) mass is 180 g/mol. The standard InChI is InChI=1S/C9H12N2O2/c1-7(12)10-6-8-4-3-5-11(2)9(8)13/h3-5H,6H2,1-2H3,(H,10,12). The number of nitrogens with zero attached hydrogens (tertiary/aromatic N) is 1. The lowest BCUT2D eigenvalue weighted by Gasteiger charge is -2.03. The van der Waals surface area contributed by atoms with Gasteiger partial charge in [-0.15, -0.1) is 0 Å². The first-order valence-corrected chi connectivity index (χ1v) is 4.00. The molecule has 0 fully saturated rings. The molecule has 0 saturated carbocycles. The van der Waals surface area contributed by atoms with Gasteiger partial charge in [-0.1, -0.05) is 6.07 Å². The number of hydrogen-bond donors (Lipinski definition) is 1. The Hall–Kier alpha value is -1.58. The van der Waals surface area contributed by atoms with Gasteiger partial charge >= 0.3 is 0 Å². The Morgan fingerprint density at radius 2 is 2.31 bits per heavy atom. The van der Waals surface area contributed by atoms with E-state index in [1.54, 1.807) is 25.4 Å². The highest BCUT2D eigenvalue weighted by molar-refractivity contribution is 5.72. The molecule has 0 radical (unpaired) electrons. The SMILES string of the molecule is CC(=O)NCc1cccn(C)c1=O. The predicted molar refractivity (Wildman–Crippen MR) is 49.2 cm³/mol. The maximum atomic E-state index is 11.4. The van der Waals surface area contributed by atoms with Gasteiger partial charge in [-0.25, -0.2) is 0 Å².